The maximum Gasteiger partial charge on any atom is 0.192 e. The van der Waals surface area contributed by atoms with Crippen molar-refractivity contribution in [1.29, 1.82) is 0 Å². The summed E-state index contributed by atoms with van der Waals surface area (Å²) in [6.45, 7) is 16.7. The standard InChI is InChI=1S/C34H51N7O4Si/c1-34(2,3)46(6,7)45-18-16-41(28-19-29(43-4)22-30(20-28)44-5)27-9-10-31-32(21-27)39-33(24-37-31)26-23-38-40(25-26)15-8-11-35-12-13-36-14-17-42/h9-10,19-25,35-36,42H,8,11-18H2,1-7H3. The monoisotopic (exact) mass is 649 g/mol. The first-order chi connectivity index (χ1) is 22.0. The van der Waals surface area contributed by atoms with E-state index >= 15 is 0 Å². The summed E-state index contributed by atoms with van der Waals surface area (Å²) in [5, 5.41) is 20.1. The number of aliphatic hydroxyl groups excluding tert-OH is 1. The molecule has 3 N–H and O–H groups in total. The predicted molar refractivity (Wildman–Crippen MR) is 188 cm³/mol. The molecular formula is C34H51N7O4Si. The summed E-state index contributed by atoms with van der Waals surface area (Å²) in [6.07, 6.45) is 6.63. The number of aryl methyl sites for hydroxylation is 1. The number of fused-ring (bicyclic) bond motifs is 1. The van der Waals surface area contributed by atoms with Crippen LogP contribution >= 0.6 is 0 Å². The smallest absolute Gasteiger partial charge is 0.192 e. The molecule has 12 heteroatoms. The van der Waals surface area contributed by atoms with E-state index in [0.717, 1.165) is 77.8 Å². The Morgan fingerprint density at radius 1 is 0.891 bits per heavy atom. The van der Waals surface area contributed by atoms with E-state index < -0.39 is 8.32 Å². The lowest BCUT2D eigenvalue weighted by atomic mass is 10.2. The molecule has 2 aromatic carbocycles. The van der Waals surface area contributed by atoms with E-state index in [1.807, 2.05) is 47.5 Å². The molecule has 0 spiro atoms. The zero-order valence-electron chi connectivity index (χ0n) is 28.5. The van der Waals surface area contributed by atoms with E-state index in [0.29, 0.717) is 19.7 Å². The molecule has 0 aliphatic carbocycles. The number of ether oxygens (including phenoxy) is 2. The van der Waals surface area contributed by atoms with Crippen LogP contribution in [-0.4, -0.2) is 93.3 Å². The first kappa shape index (κ1) is 35.3. The molecule has 46 heavy (non-hydrogen) atoms. The van der Waals surface area contributed by atoms with Gasteiger partial charge in [-0.05, 0) is 49.3 Å². The summed E-state index contributed by atoms with van der Waals surface area (Å²) >= 11 is 0. The Hall–Kier alpha value is -3.55. The molecule has 0 bridgehead atoms. The molecule has 0 saturated carbocycles. The van der Waals surface area contributed by atoms with E-state index in [2.05, 4.69) is 66.6 Å². The molecule has 250 valence electrons. The molecule has 2 heterocycles. The van der Waals surface area contributed by atoms with E-state index in [1.165, 1.54) is 0 Å². The second-order valence-corrected chi connectivity index (χ2v) is 17.6. The number of methoxy groups -OCH3 is 2. The Labute approximate surface area is 274 Å². The number of rotatable bonds is 18. The van der Waals surface area contributed by atoms with Crippen LogP contribution in [0.25, 0.3) is 22.3 Å². The van der Waals surface area contributed by atoms with Gasteiger partial charge in [0.1, 0.15) is 11.5 Å². The molecule has 0 saturated heterocycles. The van der Waals surface area contributed by atoms with Crippen LogP contribution in [0, 0.1) is 0 Å². The minimum absolute atomic E-state index is 0.120. The maximum absolute atomic E-state index is 8.84. The van der Waals surface area contributed by atoms with Gasteiger partial charge in [-0.2, -0.15) is 5.10 Å². The van der Waals surface area contributed by atoms with Gasteiger partial charge < -0.3 is 34.5 Å². The lowest BCUT2D eigenvalue weighted by Crippen LogP contribution is -2.42. The number of benzene rings is 2. The molecular weight excluding hydrogens is 599 g/mol. The van der Waals surface area contributed by atoms with Gasteiger partial charge in [0.15, 0.2) is 8.32 Å². The van der Waals surface area contributed by atoms with Crippen LogP contribution in [0.3, 0.4) is 0 Å². The van der Waals surface area contributed by atoms with Crippen LogP contribution in [0.5, 0.6) is 11.5 Å². The molecule has 11 nitrogen and oxygen atoms in total. The lowest BCUT2D eigenvalue weighted by Gasteiger charge is -2.37. The third-order valence-corrected chi connectivity index (χ3v) is 13.0. The van der Waals surface area contributed by atoms with Gasteiger partial charge >= 0.3 is 0 Å². The Balaban J connectivity index is 1.54. The van der Waals surface area contributed by atoms with Crippen molar-refractivity contribution in [3.63, 3.8) is 0 Å². The largest absolute Gasteiger partial charge is 0.497 e. The SMILES string of the molecule is COc1cc(OC)cc(N(CCO[Si](C)(C)C(C)(C)C)c2ccc3ncc(-c4cnn(CCCNCCNCCO)c4)nc3c2)c1. The zero-order valence-corrected chi connectivity index (χ0v) is 29.5. The molecule has 4 rings (SSSR count). The topological polar surface area (TPSA) is 119 Å². The molecule has 0 radical (unpaired) electrons. The Morgan fingerprint density at radius 3 is 2.28 bits per heavy atom. The third-order valence-electron chi connectivity index (χ3n) is 8.51. The minimum atomic E-state index is -1.94. The first-order valence-corrected chi connectivity index (χ1v) is 18.9. The van der Waals surface area contributed by atoms with E-state index in [9.17, 15) is 0 Å². The summed E-state index contributed by atoms with van der Waals surface area (Å²) in [6, 6.07) is 12.1. The Kier molecular flexibility index (Phi) is 12.5. The minimum Gasteiger partial charge on any atom is -0.497 e. The van der Waals surface area contributed by atoms with Crippen LogP contribution in [0.1, 0.15) is 27.2 Å². The van der Waals surface area contributed by atoms with Crippen LogP contribution in [0.15, 0.2) is 55.0 Å². The van der Waals surface area contributed by atoms with Crippen molar-refractivity contribution in [1.82, 2.24) is 30.4 Å². The second kappa shape index (κ2) is 16.3. The van der Waals surface area contributed by atoms with Gasteiger partial charge in [-0.15, -0.1) is 0 Å². The number of anilines is 2. The van der Waals surface area contributed by atoms with Crippen molar-refractivity contribution in [3.05, 3.63) is 55.0 Å². The van der Waals surface area contributed by atoms with Crippen LogP contribution in [0.4, 0.5) is 11.4 Å². The summed E-state index contributed by atoms with van der Waals surface area (Å²) < 4.78 is 19.7. The molecule has 0 aliphatic heterocycles. The number of hydrogen-bond donors (Lipinski definition) is 3. The third kappa shape index (κ3) is 9.49. The van der Waals surface area contributed by atoms with Gasteiger partial charge in [0.05, 0.1) is 56.6 Å². The van der Waals surface area contributed by atoms with Crippen molar-refractivity contribution < 1.29 is 19.0 Å². The number of nitrogens with zero attached hydrogens (tertiary/aromatic N) is 5. The van der Waals surface area contributed by atoms with Crippen molar-refractivity contribution in [2.24, 2.45) is 0 Å². The predicted octanol–water partition coefficient (Wildman–Crippen LogP) is 5.23. The molecule has 0 atom stereocenters. The van der Waals surface area contributed by atoms with Gasteiger partial charge in [-0.25, -0.2) is 4.98 Å². The van der Waals surface area contributed by atoms with Crippen molar-refractivity contribution in [3.8, 4) is 22.8 Å². The fourth-order valence-corrected chi connectivity index (χ4v) is 5.80. The fraction of sp³-hybridized carbons (Fsp3) is 0.500. The Bertz CT molecular complexity index is 1520. The van der Waals surface area contributed by atoms with Gasteiger partial charge in [-0.1, -0.05) is 20.8 Å². The van der Waals surface area contributed by atoms with Crippen LogP contribution < -0.4 is 25.0 Å². The number of aromatic nitrogens is 4. The molecule has 0 unspecified atom stereocenters. The van der Waals surface area contributed by atoms with Crippen molar-refractivity contribution >= 4 is 30.7 Å². The van der Waals surface area contributed by atoms with Crippen LogP contribution in [0.2, 0.25) is 18.1 Å². The number of nitrogens with one attached hydrogen (secondary N) is 2. The summed E-state index contributed by atoms with van der Waals surface area (Å²) in [5.74, 6) is 1.44. The summed E-state index contributed by atoms with van der Waals surface area (Å²) in [4.78, 5) is 12.0. The molecule has 2 aromatic heterocycles. The van der Waals surface area contributed by atoms with E-state index in [-0.39, 0.29) is 11.6 Å². The summed E-state index contributed by atoms with van der Waals surface area (Å²) in [5.41, 5.74) is 5.24. The molecule has 0 fully saturated rings. The first-order valence-electron chi connectivity index (χ1n) is 16.0. The highest BCUT2D eigenvalue weighted by Gasteiger charge is 2.37. The normalized spacial score (nSPS) is 12.1. The van der Waals surface area contributed by atoms with E-state index in [4.69, 9.17) is 29.0 Å². The van der Waals surface area contributed by atoms with Crippen molar-refractivity contribution in [2.45, 2.75) is 51.9 Å². The van der Waals surface area contributed by atoms with Gasteiger partial charge in [0, 0.05) is 74.1 Å². The lowest BCUT2D eigenvalue weighted by molar-refractivity contribution is 0.292. The van der Waals surface area contributed by atoms with Gasteiger partial charge in [0.25, 0.3) is 0 Å². The number of hydrogen-bond acceptors (Lipinski definition) is 10. The average Bonchev–Trinajstić information content (AvgIpc) is 3.52. The highest BCUT2D eigenvalue weighted by Crippen LogP contribution is 2.37. The highest BCUT2D eigenvalue weighted by atomic mass is 28.4. The average molecular weight is 650 g/mol. The Morgan fingerprint density at radius 2 is 1.61 bits per heavy atom. The molecule has 0 aliphatic rings. The highest BCUT2D eigenvalue weighted by molar-refractivity contribution is 6.74. The number of aliphatic hydroxyl groups is 1. The maximum atomic E-state index is 8.84. The second-order valence-electron chi connectivity index (χ2n) is 12.8. The zero-order chi connectivity index (χ0) is 33.2. The van der Waals surface area contributed by atoms with Crippen molar-refractivity contribution in [2.75, 3.05) is 65.1 Å². The van der Waals surface area contributed by atoms with Gasteiger partial charge in [-0.3, -0.25) is 9.67 Å². The van der Waals surface area contributed by atoms with Crippen LogP contribution in [-0.2, 0) is 11.0 Å². The fourth-order valence-electron chi connectivity index (χ4n) is 4.76. The van der Waals surface area contributed by atoms with Gasteiger partial charge in [0.2, 0.25) is 0 Å². The van der Waals surface area contributed by atoms with E-state index in [1.54, 1.807) is 14.2 Å². The quantitative estimate of drug-likeness (QED) is 0.0977. The molecule has 0 amide bonds. The summed E-state index contributed by atoms with van der Waals surface area (Å²) in [7, 11) is 1.39. The molecule has 4 aromatic rings.